The van der Waals surface area contributed by atoms with E-state index in [9.17, 15) is 13.6 Å². The zero-order valence-electron chi connectivity index (χ0n) is 9.19. The summed E-state index contributed by atoms with van der Waals surface area (Å²) in [5.41, 5.74) is 0.219. The van der Waals surface area contributed by atoms with E-state index in [0.717, 1.165) is 12.8 Å². The molecule has 0 aromatic heterocycles. The maximum atomic E-state index is 12.8. The lowest BCUT2D eigenvalue weighted by Crippen LogP contribution is -2.42. The average molecular weight is 255 g/mol. The third kappa shape index (κ3) is 3.28. The third-order valence-electron chi connectivity index (χ3n) is 3.22. The van der Waals surface area contributed by atoms with Gasteiger partial charge in [-0.05, 0) is 18.3 Å². The number of amides is 1. The quantitative estimate of drug-likeness (QED) is 0.798. The summed E-state index contributed by atoms with van der Waals surface area (Å²) in [6.45, 7) is 2.31. The van der Waals surface area contributed by atoms with Crippen LogP contribution in [0.25, 0.3) is 0 Å². The van der Waals surface area contributed by atoms with Gasteiger partial charge in [0.05, 0.1) is 12.6 Å². The van der Waals surface area contributed by atoms with Crippen LogP contribution in [-0.4, -0.2) is 31.0 Å². The fourth-order valence-corrected chi connectivity index (χ4v) is 1.71. The molecule has 0 aromatic rings. The number of carbonyl (C=O) groups is 1. The molecule has 2 rings (SSSR count). The Morgan fingerprint density at radius 2 is 2.12 bits per heavy atom. The van der Waals surface area contributed by atoms with Gasteiger partial charge < -0.3 is 5.32 Å². The van der Waals surface area contributed by atoms with Crippen LogP contribution in [0.5, 0.6) is 0 Å². The van der Waals surface area contributed by atoms with Crippen LogP contribution < -0.4 is 10.6 Å². The highest BCUT2D eigenvalue weighted by Crippen LogP contribution is 2.44. The molecule has 0 bridgehead atoms. The van der Waals surface area contributed by atoms with Gasteiger partial charge in [-0.25, -0.2) is 8.78 Å². The highest BCUT2D eigenvalue weighted by atomic mass is 35.5. The molecule has 1 heterocycles. The number of alkyl halides is 2. The summed E-state index contributed by atoms with van der Waals surface area (Å²) in [7, 11) is 0. The van der Waals surface area contributed by atoms with E-state index in [-0.39, 0.29) is 36.7 Å². The molecule has 0 aromatic carbocycles. The highest BCUT2D eigenvalue weighted by Gasteiger charge is 2.43. The fraction of sp³-hybridized carbons (Fsp3) is 0.900. The van der Waals surface area contributed by atoms with Crippen LogP contribution >= 0.6 is 12.4 Å². The summed E-state index contributed by atoms with van der Waals surface area (Å²) >= 11 is 0. The van der Waals surface area contributed by atoms with Crippen molar-refractivity contribution < 1.29 is 13.6 Å². The molecule has 0 radical (unpaired) electrons. The summed E-state index contributed by atoms with van der Waals surface area (Å²) in [5.74, 6) is -3.02. The van der Waals surface area contributed by atoms with Crippen molar-refractivity contribution >= 4 is 18.3 Å². The zero-order chi connectivity index (χ0) is 11.1. The number of halogens is 3. The molecule has 1 saturated carbocycles. The van der Waals surface area contributed by atoms with Gasteiger partial charge in [0.1, 0.15) is 0 Å². The van der Waals surface area contributed by atoms with E-state index in [2.05, 4.69) is 17.6 Å². The molecule has 1 amide bonds. The second-order valence-corrected chi connectivity index (χ2v) is 5.02. The Balaban J connectivity index is 0.00000128. The van der Waals surface area contributed by atoms with E-state index in [0.29, 0.717) is 6.54 Å². The van der Waals surface area contributed by atoms with Crippen molar-refractivity contribution in [1.82, 2.24) is 10.6 Å². The summed E-state index contributed by atoms with van der Waals surface area (Å²) in [6.07, 6.45) is 1.85. The number of hydrogen-bond acceptors (Lipinski definition) is 2. The molecule has 1 aliphatic carbocycles. The van der Waals surface area contributed by atoms with Gasteiger partial charge in [0.15, 0.2) is 0 Å². The average Bonchev–Trinajstić information content (AvgIpc) is 2.77. The van der Waals surface area contributed by atoms with Crippen molar-refractivity contribution in [2.24, 2.45) is 5.41 Å². The van der Waals surface area contributed by atoms with Crippen molar-refractivity contribution in [2.45, 2.75) is 38.2 Å². The van der Waals surface area contributed by atoms with Gasteiger partial charge in [0.25, 0.3) is 5.92 Å². The number of hydrogen-bond donors (Lipinski definition) is 2. The molecule has 2 N–H and O–H groups in total. The minimum Gasteiger partial charge on any atom is -0.354 e. The minimum absolute atomic E-state index is 0. The normalized spacial score (nSPS) is 29.3. The SMILES string of the molecule is CC1(CNC(=O)C2CC(F)(F)CN2)CC1.Cl. The first-order valence-corrected chi connectivity index (χ1v) is 5.29. The van der Waals surface area contributed by atoms with Crippen molar-refractivity contribution in [1.29, 1.82) is 0 Å². The smallest absolute Gasteiger partial charge is 0.262 e. The van der Waals surface area contributed by atoms with Crippen LogP contribution in [-0.2, 0) is 4.79 Å². The summed E-state index contributed by atoms with van der Waals surface area (Å²) in [4.78, 5) is 11.5. The van der Waals surface area contributed by atoms with Crippen LogP contribution in [0.15, 0.2) is 0 Å². The Labute approximate surface area is 99.8 Å². The standard InChI is InChI=1S/C10H16F2N2O.ClH/c1-9(2-3-9)5-14-8(15)7-4-10(11,12)6-13-7;/h7,13H,2-6H2,1H3,(H,14,15);1H. The molecule has 2 fully saturated rings. The minimum atomic E-state index is -2.73. The van der Waals surface area contributed by atoms with Crippen LogP contribution in [0, 0.1) is 5.41 Å². The first-order chi connectivity index (χ1) is 6.90. The van der Waals surface area contributed by atoms with Crippen LogP contribution in [0.1, 0.15) is 26.2 Å². The van der Waals surface area contributed by atoms with Crippen LogP contribution in [0.4, 0.5) is 8.78 Å². The van der Waals surface area contributed by atoms with Crippen LogP contribution in [0.2, 0.25) is 0 Å². The molecule has 1 aliphatic heterocycles. The van der Waals surface area contributed by atoms with E-state index in [1.165, 1.54) is 0 Å². The van der Waals surface area contributed by atoms with Gasteiger partial charge in [-0.1, -0.05) is 6.92 Å². The first kappa shape index (κ1) is 13.6. The topological polar surface area (TPSA) is 41.1 Å². The second kappa shape index (κ2) is 4.45. The Kier molecular flexibility index (Phi) is 3.80. The van der Waals surface area contributed by atoms with Gasteiger partial charge in [0.2, 0.25) is 5.91 Å². The number of nitrogens with one attached hydrogen (secondary N) is 2. The molecule has 1 atom stereocenters. The molecular weight excluding hydrogens is 238 g/mol. The molecule has 6 heteroatoms. The molecule has 1 unspecified atom stereocenters. The lowest BCUT2D eigenvalue weighted by Gasteiger charge is -2.14. The molecule has 2 aliphatic rings. The summed E-state index contributed by atoms with van der Waals surface area (Å²) in [5, 5.41) is 5.27. The first-order valence-electron chi connectivity index (χ1n) is 5.29. The number of rotatable bonds is 3. The van der Waals surface area contributed by atoms with Gasteiger partial charge in [0, 0.05) is 13.0 Å². The second-order valence-electron chi connectivity index (χ2n) is 5.02. The molecule has 3 nitrogen and oxygen atoms in total. The summed E-state index contributed by atoms with van der Waals surface area (Å²) in [6, 6.07) is -0.720. The van der Waals surface area contributed by atoms with Crippen molar-refractivity contribution in [3.8, 4) is 0 Å². The molecular formula is C10H17ClF2N2O. The molecule has 94 valence electrons. The van der Waals surface area contributed by atoms with E-state index in [4.69, 9.17) is 0 Å². The zero-order valence-corrected chi connectivity index (χ0v) is 10.0. The van der Waals surface area contributed by atoms with Crippen LogP contribution in [0.3, 0.4) is 0 Å². The predicted octanol–water partition coefficient (Wildman–Crippen LogP) is 1.32. The van der Waals surface area contributed by atoms with Gasteiger partial charge >= 0.3 is 0 Å². The number of carbonyl (C=O) groups excluding carboxylic acids is 1. The monoisotopic (exact) mass is 254 g/mol. The van der Waals surface area contributed by atoms with Crippen molar-refractivity contribution in [2.75, 3.05) is 13.1 Å². The Hall–Kier alpha value is -0.420. The maximum absolute atomic E-state index is 12.8. The maximum Gasteiger partial charge on any atom is 0.262 e. The molecule has 0 spiro atoms. The highest BCUT2D eigenvalue weighted by molar-refractivity contribution is 5.85. The van der Waals surface area contributed by atoms with E-state index in [1.807, 2.05) is 0 Å². The lowest BCUT2D eigenvalue weighted by molar-refractivity contribution is -0.123. The molecule has 1 saturated heterocycles. The Morgan fingerprint density at radius 3 is 2.56 bits per heavy atom. The van der Waals surface area contributed by atoms with Crippen molar-refractivity contribution in [3.63, 3.8) is 0 Å². The summed E-state index contributed by atoms with van der Waals surface area (Å²) < 4.78 is 25.6. The molecule has 16 heavy (non-hydrogen) atoms. The van der Waals surface area contributed by atoms with Crippen molar-refractivity contribution in [3.05, 3.63) is 0 Å². The Morgan fingerprint density at radius 1 is 1.50 bits per heavy atom. The largest absolute Gasteiger partial charge is 0.354 e. The van der Waals surface area contributed by atoms with Gasteiger partial charge in [-0.3, -0.25) is 10.1 Å². The predicted molar refractivity (Wildman–Crippen MR) is 59.0 cm³/mol. The van der Waals surface area contributed by atoms with Gasteiger partial charge in [-0.2, -0.15) is 0 Å². The third-order valence-corrected chi connectivity index (χ3v) is 3.22. The lowest BCUT2D eigenvalue weighted by atomic mass is 10.1. The fourth-order valence-electron chi connectivity index (χ4n) is 1.71. The Bertz CT molecular complexity index is 282. The van der Waals surface area contributed by atoms with Gasteiger partial charge in [-0.15, -0.1) is 12.4 Å². The van der Waals surface area contributed by atoms with E-state index in [1.54, 1.807) is 0 Å². The van der Waals surface area contributed by atoms with E-state index >= 15 is 0 Å². The van der Waals surface area contributed by atoms with E-state index < -0.39 is 12.0 Å².